The first-order valence-corrected chi connectivity index (χ1v) is 7.43. The molecule has 1 aliphatic rings. The maximum Gasteiger partial charge on any atom is 0.254 e. The fourth-order valence-corrected chi connectivity index (χ4v) is 2.63. The van der Waals surface area contributed by atoms with Gasteiger partial charge in [-0.25, -0.2) is 0 Å². The Morgan fingerprint density at radius 1 is 1.42 bits per heavy atom. The maximum absolute atomic E-state index is 12.6. The molecule has 1 aromatic carbocycles. The Hall–Kier alpha value is -1.49. The highest BCUT2D eigenvalue weighted by atomic mass is 32.2. The Morgan fingerprint density at radius 2 is 2.16 bits per heavy atom. The summed E-state index contributed by atoms with van der Waals surface area (Å²) in [6.07, 6.45) is 1.97. The summed E-state index contributed by atoms with van der Waals surface area (Å²) >= 11 is 1.60. The third-order valence-corrected chi connectivity index (χ3v) is 4.14. The average molecular weight is 278 g/mol. The van der Waals surface area contributed by atoms with Crippen LogP contribution in [0, 0.1) is 0 Å². The molecule has 0 saturated carbocycles. The smallest absolute Gasteiger partial charge is 0.254 e. The lowest BCUT2D eigenvalue weighted by Crippen LogP contribution is -2.63. The molecule has 19 heavy (non-hydrogen) atoms. The number of piperazine rings is 1. The maximum atomic E-state index is 12.6. The number of rotatable bonds is 2. The van der Waals surface area contributed by atoms with Crippen molar-refractivity contribution in [3.05, 3.63) is 29.8 Å². The fourth-order valence-electron chi connectivity index (χ4n) is 2.17. The van der Waals surface area contributed by atoms with Gasteiger partial charge in [0.05, 0.1) is 0 Å². The normalized spacial score (nSPS) is 18.1. The van der Waals surface area contributed by atoms with Gasteiger partial charge >= 0.3 is 0 Å². The quantitative estimate of drug-likeness (QED) is 0.839. The van der Waals surface area contributed by atoms with Crippen molar-refractivity contribution in [1.82, 2.24) is 10.2 Å². The van der Waals surface area contributed by atoms with E-state index in [-0.39, 0.29) is 11.8 Å². The van der Waals surface area contributed by atoms with Gasteiger partial charge in [-0.3, -0.25) is 9.59 Å². The summed E-state index contributed by atoms with van der Waals surface area (Å²) in [6.45, 7) is 4.60. The molecule has 102 valence electrons. The number of benzene rings is 1. The minimum atomic E-state index is -0.801. The SMILES string of the molecule is CSc1cccc(C(=O)N2CCNC(=O)C2(C)C)c1. The second-order valence-electron chi connectivity index (χ2n) is 5.00. The van der Waals surface area contributed by atoms with Gasteiger partial charge in [-0.2, -0.15) is 0 Å². The van der Waals surface area contributed by atoms with Crippen molar-refractivity contribution < 1.29 is 9.59 Å². The Morgan fingerprint density at radius 3 is 2.84 bits per heavy atom. The van der Waals surface area contributed by atoms with E-state index >= 15 is 0 Å². The van der Waals surface area contributed by atoms with Gasteiger partial charge in [0.2, 0.25) is 5.91 Å². The van der Waals surface area contributed by atoms with E-state index in [1.165, 1.54) is 0 Å². The van der Waals surface area contributed by atoms with Crippen molar-refractivity contribution in [3.63, 3.8) is 0 Å². The van der Waals surface area contributed by atoms with Crippen LogP contribution < -0.4 is 5.32 Å². The van der Waals surface area contributed by atoms with Gasteiger partial charge in [-0.1, -0.05) is 6.07 Å². The minimum Gasteiger partial charge on any atom is -0.352 e. The molecule has 0 radical (unpaired) electrons. The van der Waals surface area contributed by atoms with Crippen LogP contribution in [0.4, 0.5) is 0 Å². The molecule has 1 heterocycles. The number of nitrogens with zero attached hydrogens (tertiary/aromatic N) is 1. The number of nitrogens with one attached hydrogen (secondary N) is 1. The molecule has 0 aliphatic carbocycles. The lowest BCUT2D eigenvalue weighted by atomic mass is 9.97. The van der Waals surface area contributed by atoms with Crippen molar-refractivity contribution in [2.45, 2.75) is 24.3 Å². The zero-order chi connectivity index (χ0) is 14.0. The number of thioether (sulfide) groups is 1. The van der Waals surface area contributed by atoms with Crippen LogP contribution in [-0.4, -0.2) is 41.6 Å². The van der Waals surface area contributed by atoms with Gasteiger partial charge < -0.3 is 10.2 Å². The fraction of sp³-hybridized carbons (Fsp3) is 0.429. The van der Waals surface area contributed by atoms with E-state index in [1.807, 2.05) is 24.5 Å². The van der Waals surface area contributed by atoms with Crippen molar-refractivity contribution >= 4 is 23.6 Å². The minimum absolute atomic E-state index is 0.0873. The average Bonchev–Trinajstić information content (AvgIpc) is 2.41. The van der Waals surface area contributed by atoms with Gasteiger partial charge in [0.25, 0.3) is 5.91 Å². The van der Waals surface area contributed by atoms with Crippen molar-refractivity contribution in [2.24, 2.45) is 0 Å². The largest absolute Gasteiger partial charge is 0.352 e. The molecule has 2 rings (SSSR count). The zero-order valence-electron chi connectivity index (χ0n) is 11.4. The zero-order valence-corrected chi connectivity index (χ0v) is 12.2. The second-order valence-corrected chi connectivity index (χ2v) is 5.88. The molecular weight excluding hydrogens is 260 g/mol. The monoisotopic (exact) mass is 278 g/mol. The Kier molecular flexibility index (Phi) is 3.85. The molecule has 5 heteroatoms. The highest BCUT2D eigenvalue weighted by molar-refractivity contribution is 7.98. The molecule has 0 spiro atoms. The summed E-state index contributed by atoms with van der Waals surface area (Å²) in [5, 5.41) is 2.79. The lowest BCUT2D eigenvalue weighted by Gasteiger charge is -2.41. The van der Waals surface area contributed by atoms with Gasteiger partial charge in [0, 0.05) is 23.5 Å². The highest BCUT2D eigenvalue weighted by Crippen LogP contribution is 2.22. The molecule has 0 aromatic heterocycles. The van der Waals surface area contributed by atoms with Gasteiger partial charge in [0.1, 0.15) is 5.54 Å². The van der Waals surface area contributed by atoms with Gasteiger partial charge in [0.15, 0.2) is 0 Å². The van der Waals surface area contributed by atoms with Crippen LogP contribution in [0.5, 0.6) is 0 Å². The summed E-state index contributed by atoms with van der Waals surface area (Å²) in [5.41, 5.74) is -0.167. The molecule has 2 amide bonds. The first kappa shape index (κ1) is 13.9. The molecule has 1 N–H and O–H groups in total. The molecule has 0 atom stereocenters. The summed E-state index contributed by atoms with van der Waals surface area (Å²) in [6, 6.07) is 7.51. The van der Waals surface area contributed by atoms with Crippen molar-refractivity contribution in [3.8, 4) is 0 Å². The van der Waals surface area contributed by atoms with E-state index in [4.69, 9.17) is 0 Å². The molecule has 4 nitrogen and oxygen atoms in total. The standard InChI is InChI=1S/C14H18N2O2S/c1-14(2)13(18)15-7-8-16(14)12(17)10-5-4-6-11(9-10)19-3/h4-6,9H,7-8H2,1-3H3,(H,15,18). The number of hydrogen-bond donors (Lipinski definition) is 1. The molecule has 1 aliphatic heterocycles. The van der Waals surface area contributed by atoms with Crippen LogP contribution in [0.15, 0.2) is 29.2 Å². The summed E-state index contributed by atoms with van der Waals surface area (Å²) in [4.78, 5) is 27.1. The van der Waals surface area contributed by atoms with E-state index in [2.05, 4.69) is 5.32 Å². The van der Waals surface area contributed by atoms with Crippen LogP contribution in [-0.2, 0) is 4.79 Å². The van der Waals surface area contributed by atoms with Gasteiger partial charge in [-0.05, 0) is 38.3 Å². The predicted octanol–water partition coefficient (Wildman–Crippen LogP) is 1.76. The van der Waals surface area contributed by atoms with E-state index in [9.17, 15) is 9.59 Å². The number of hydrogen-bond acceptors (Lipinski definition) is 3. The summed E-state index contributed by atoms with van der Waals surface area (Å²) < 4.78 is 0. The first-order chi connectivity index (χ1) is 8.96. The molecule has 0 unspecified atom stereocenters. The third-order valence-electron chi connectivity index (χ3n) is 3.41. The van der Waals surface area contributed by atoms with E-state index in [0.717, 1.165) is 4.90 Å². The van der Waals surface area contributed by atoms with Crippen molar-refractivity contribution in [2.75, 3.05) is 19.3 Å². The van der Waals surface area contributed by atoms with E-state index in [1.54, 1.807) is 36.6 Å². The number of carbonyl (C=O) groups is 2. The lowest BCUT2D eigenvalue weighted by molar-refractivity contribution is -0.133. The number of amides is 2. The van der Waals surface area contributed by atoms with Crippen LogP contribution in [0.3, 0.4) is 0 Å². The highest BCUT2D eigenvalue weighted by Gasteiger charge is 2.40. The van der Waals surface area contributed by atoms with Crippen LogP contribution in [0.25, 0.3) is 0 Å². The van der Waals surface area contributed by atoms with E-state index in [0.29, 0.717) is 18.7 Å². The van der Waals surface area contributed by atoms with Crippen LogP contribution in [0.1, 0.15) is 24.2 Å². The Labute approximate surface area is 117 Å². The Bertz CT molecular complexity index is 514. The topological polar surface area (TPSA) is 49.4 Å². The predicted molar refractivity (Wildman–Crippen MR) is 76.3 cm³/mol. The molecular formula is C14H18N2O2S. The molecule has 1 fully saturated rings. The van der Waals surface area contributed by atoms with Gasteiger partial charge in [-0.15, -0.1) is 11.8 Å². The first-order valence-electron chi connectivity index (χ1n) is 6.21. The van der Waals surface area contributed by atoms with Crippen LogP contribution >= 0.6 is 11.8 Å². The molecule has 1 aromatic rings. The van der Waals surface area contributed by atoms with Crippen molar-refractivity contribution in [1.29, 1.82) is 0 Å². The summed E-state index contributed by atoms with van der Waals surface area (Å²) in [5.74, 6) is -0.191. The number of carbonyl (C=O) groups excluding carboxylic acids is 2. The second kappa shape index (κ2) is 5.25. The summed E-state index contributed by atoms with van der Waals surface area (Å²) in [7, 11) is 0. The molecule has 1 saturated heterocycles. The third kappa shape index (κ3) is 2.61. The Balaban J connectivity index is 2.30. The van der Waals surface area contributed by atoms with E-state index < -0.39 is 5.54 Å². The van der Waals surface area contributed by atoms with Crippen LogP contribution in [0.2, 0.25) is 0 Å². The molecule has 0 bridgehead atoms.